The third-order valence-electron chi connectivity index (χ3n) is 4.47. The molecule has 0 aromatic rings. The van der Waals surface area contributed by atoms with Crippen LogP contribution in [0.3, 0.4) is 0 Å². The molecule has 0 radical (unpaired) electrons. The van der Waals surface area contributed by atoms with Crippen molar-refractivity contribution in [2.45, 2.75) is 51.6 Å². The van der Waals surface area contributed by atoms with Gasteiger partial charge in [0.2, 0.25) is 5.91 Å². The van der Waals surface area contributed by atoms with Crippen LogP contribution in [0.5, 0.6) is 0 Å². The normalized spacial score (nSPS) is 25.6. The molecule has 2 rings (SSSR count). The Labute approximate surface area is 116 Å². The first-order valence-corrected chi connectivity index (χ1v) is 7.91. The molecule has 1 aliphatic heterocycles. The maximum Gasteiger partial charge on any atom is 0.224 e. The number of hydrogen-bond acceptors (Lipinski definition) is 3. The minimum absolute atomic E-state index is 0.178. The van der Waals surface area contributed by atoms with E-state index in [1.165, 1.54) is 25.7 Å². The van der Waals surface area contributed by atoms with Crippen LogP contribution in [0.2, 0.25) is 0 Å². The minimum Gasteiger partial charge on any atom is -0.378 e. The molecular weight excluding hydrogens is 240 g/mol. The number of rotatable bonds is 7. The van der Waals surface area contributed by atoms with Gasteiger partial charge in [-0.2, -0.15) is 0 Å². The molecule has 2 atom stereocenters. The van der Waals surface area contributed by atoms with Gasteiger partial charge in [0.25, 0.3) is 0 Å². The van der Waals surface area contributed by atoms with Crippen molar-refractivity contribution in [2.24, 2.45) is 11.8 Å². The van der Waals surface area contributed by atoms with Crippen LogP contribution in [0.4, 0.5) is 0 Å². The molecule has 2 unspecified atom stereocenters. The first kappa shape index (κ1) is 14.8. The third-order valence-corrected chi connectivity index (χ3v) is 4.47. The second-order valence-electron chi connectivity index (χ2n) is 5.81. The first-order valence-electron chi connectivity index (χ1n) is 7.91. The average Bonchev–Trinajstić information content (AvgIpc) is 3.10. The Hall–Kier alpha value is -0.610. The summed E-state index contributed by atoms with van der Waals surface area (Å²) < 4.78 is 5.87. The summed E-state index contributed by atoms with van der Waals surface area (Å²) in [6, 6.07) is 0. The van der Waals surface area contributed by atoms with Gasteiger partial charge < -0.3 is 15.4 Å². The molecule has 1 heterocycles. The van der Waals surface area contributed by atoms with Gasteiger partial charge in [0.15, 0.2) is 0 Å². The van der Waals surface area contributed by atoms with Gasteiger partial charge >= 0.3 is 0 Å². The number of nitrogens with one attached hydrogen (secondary N) is 2. The molecule has 4 nitrogen and oxygen atoms in total. The fraction of sp³-hybridized carbons (Fsp3) is 0.933. The zero-order valence-corrected chi connectivity index (χ0v) is 12.1. The zero-order valence-electron chi connectivity index (χ0n) is 12.1. The Morgan fingerprint density at radius 1 is 1.37 bits per heavy atom. The molecule has 1 saturated carbocycles. The quantitative estimate of drug-likeness (QED) is 0.739. The lowest BCUT2D eigenvalue weighted by molar-refractivity contribution is -0.124. The third kappa shape index (κ3) is 4.46. The maximum absolute atomic E-state index is 11.9. The molecule has 0 aromatic heterocycles. The summed E-state index contributed by atoms with van der Waals surface area (Å²) in [5, 5.41) is 6.31. The van der Waals surface area contributed by atoms with Crippen molar-refractivity contribution in [3.05, 3.63) is 0 Å². The van der Waals surface area contributed by atoms with E-state index in [0.29, 0.717) is 12.0 Å². The SMILES string of the molecule is CCOC(CCNC(=O)C1CCNC1)C1CCCC1. The molecule has 19 heavy (non-hydrogen) atoms. The maximum atomic E-state index is 11.9. The Balaban J connectivity index is 1.67. The topological polar surface area (TPSA) is 50.4 Å². The number of ether oxygens (including phenoxy) is 1. The molecule has 0 aromatic carbocycles. The van der Waals surface area contributed by atoms with Gasteiger partial charge in [-0.3, -0.25) is 4.79 Å². The van der Waals surface area contributed by atoms with Crippen LogP contribution < -0.4 is 10.6 Å². The average molecular weight is 268 g/mol. The highest BCUT2D eigenvalue weighted by Gasteiger charge is 2.26. The van der Waals surface area contributed by atoms with Gasteiger partial charge in [0, 0.05) is 19.7 Å². The van der Waals surface area contributed by atoms with Gasteiger partial charge in [0.05, 0.1) is 12.0 Å². The lowest BCUT2D eigenvalue weighted by atomic mass is 9.98. The van der Waals surface area contributed by atoms with E-state index in [-0.39, 0.29) is 11.8 Å². The van der Waals surface area contributed by atoms with Crippen LogP contribution in [0.1, 0.15) is 45.4 Å². The van der Waals surface area contributed by atoms with E-state index in [0.717, 1.165) is 39.1 Å². The van der Waals surface area contributed by atoms with Crippen molar-refractivity contribution >= 4 is 5.91 Å². The van der Waals surface area contributed by atoms with Gasteiger partial charge in [-0.05, 0) is 45.1 Å². The molecular formula is C15H28N2O2. The summed E-state index contributed by atoms with van der Waals surface area (Å²) >= 11 is 0. The van der Waals surface area contributed by atoms with Crippen LogP contribution in [-0.4, -0.2) is 38.3 Å². The van der Waals surface area contributed by atoms with E-state index in [2.05, 4.69) is 17.6 Å². The van der Waals surface area contributed by atoms with Crippen molar-refractivity contribution in [3.63, 3.8) is 0 Å². The minimum atomic E-state index is 0.178. The molecule has 2 N–H and O–H groups in total. The van der Waals surface area contributed by atoms with Gasteiger partial charge in [0.1, 0.15) is 0 Å². The van der Waals surface area contributed by atoms with Crippen LogP contribution in [0.15, 0.2) is 0 Å². The van der Waals surface area contributed by atoms with Crippen molar-refractivity contribution in [1.29, 1.82) is 0 Å². The molecule has 2 aliphatic rings. The summed E-state index contributed by atoms with van der Waals surface area (Å²) in [7, 11) is 0. The van der Waals surface area contributed by atoms with Crippen LogP contribution >= 0.6 is 0 Å². The lowest BCUT2D eigenvalue weighted by Gasteiger charge is -2.23. The molecule has 2 fully saturated rings. The van der Waals surface area contributed by atoms with Gasteiger partial charge in [-0.15, -0.1) is 0 Å². The summed E-state index contributed by atoms with van der Waals surface area (Å²) in [4.78, 5) is 11.9. The number of amides is 1. The van der Waals surface area contributed by atoms with Gasteiger partial charge in [-0.25, -0.2) is 0 Å². The predicted octanol–water partition coefficient (Wildman–Crippen LogP) is 1.70. The summed E-state index contributed by atoms with van der Waals surface area (Å²) in [5.41, 5.74) is 0. The van der Waals surface area contributed by atoms with Crippen molar-refractivity contribution in [3.8, 4) is 0 Å². The highest BCUT2D eigenvalue weighted by Crippen LogP contribution is 2.30. The van der Waals surface area contributed by atoms with Crippen molar-refractivity contribution in [2.75, 3.05) is 26.2 Å². The van der Waals surface area contributed by atoms with Crippen molar-refractivity contribution < 1.29 is 9.53 Å². The standard InChI is InChI=1S/C15H28N2O2/c1-2-19-14(12-5-3-4-6-12)8-10-17-15(18)13-7-9-16-11-13/h12-14,16H,2-11H2,1H3,(H,17,18). The zero-order chi connectivity index (χ0) is 13.5. The number of hydrogen-bond donors (Lipinski definition) is 2. The number of carbonyl (C=O) groups is 1. The fourth-order valence-electron chi connectivity index (χ4n) is 3.36. The van der Waals surface area contributed by atoms with Crippen LogP contribution in [0.25, 0.3) is 0 Å². The molecule has 0 bridgehead atoms. The summed E-state index contributed by atoms with van der Waals surface area (Å²) in [6.07, 6.45) is 7.56. The largest absolute Gasteiger partial charge is 0.378 e. The highest BCUT2D eigenvalue weighted by molar-refractivity contribution is 5.79. The fourth-order valence-corrected chi connectivity index (χ4v) is 3.36. The van der Waals surface area contributed by atoms with E-state index >= 15 is 0 Å². The second-order valence-corrected chi connectivity index (χ2v) is 5.81. The highest BCUT2D eigenvalue weighted by atomic mass is 16.5. The number of carbonyl (C=O) groups excluding carboxylic acids is 1. The second kappa shape index (κ2) is 7.85. The van der Waals surface area contributed by atoms with Gasteiger partial charge in [-0.1, -0.05) is 12.8 Å². The van der Waals surface area contributed by atoms with Crippen LogP contribution in [0, 0.1) is 11.8 Å². The molecule has 1 amide bonds. The first-order chi connectivity index (χ1) is 9.31. The molecule has 1 aliphatic carbocycles. The molecule has 110 valence electrons. The van der Waals surface area contributed by atoms with E-state index in [1.54, 1.807) is 0 Å². The Bertz CT molecular complexity index is 271. The monoisotopic (exact) mass is 268 g/mol. The Morgan fingerprint density at radius 2 is 2.16 bits per heavy atom. The Kier molecular flexibility index (Phi) is 6.11. The predicted molar refractivity (Wildman–Crippen MR) is 76.0 cm³/mol. The van der Waals surface area contributed by atoms with E-state index in [4.69, 9.17) is 4.74 Å². The van der Waals surface area contributed by atoms with E-state index in [1.807, 2.05) is 0 Å². The Morgan fingerprint density at radius 3 is 2.79 bits per heavy atom. The molecule has 1 saturated heterocycles. The van der Waals surface area contributed by atoms with E-state index < -0.39 is 0 Å². The van der Waals surface area contributed by atoms with Crippen molar-refractivity contribution in [1.82, 2.24) is 10.6 Å². The molecule has 0 spiro atoms. The van der Waals surface area contributed by atoms with E-state index in [9.17, 15) is 4.79 Å². The smallest absolute Gasteiger partial charge is 0.224 e. The van der Waals surface area contributed by atoms with Crippen LogP contribution in [-0.2, 0) is 9.53 Å². The summed E-state index contributed by atoms with van der Waals surface area (Å²) in [5.74, 6) is 1.11. The lowest BCUT2D eigenvalue weighted by Crippen LogP contribution is -2.35. The summed E-state index contributed by atoms with van der Waals surface area (Å²) in [6.45, 7) is 5.41. The molecule has 4 heteroatoms.